The van der Waals surface area contributed by atoms with Gasteiger partial charge >= 0.3 is 0 Å². The normalized spacial score (nSPS) is 21.6. The quantitative estimate of drug-likeness (QED) is 0.697. The maximum atomic E-state index is 12.9. The van der Waals surface area contributed by atoms with E-state index < -0.39 is 0 Å². The van der Waals surface area contributed by atoms with E-state index in [1.165, 1.54) is 10.9 Å². The van der Waals surface area contributed by atoms with Gasteiger partial charge in [0, 0.05) is 30.1 Å². The molecule has 0 saturated carbocycles. The number of likely N-dealkylation sites (N-methyl/N-ethyl adjacent to an activating group) is 1. The summed E-state index contributed by atoms with van der Waals surface area (Å²) < 4.78 is 5.31. The van der Waals surface area contributed by atoms with Crippen molar-refractivity contribution < 1.29 is 9.53 Å². The van der Waals surface area contributed by atoms with Gasteiger partial charge in [-0.3, -0.25) is 9.69 Å². The molecule has 3 heterocycles. The van der Waals surface area contributed by atoms with Crippen LogP contribution in [0.15, 0.2) is 48.5 Å². The van der Waals surface area contributed by atoms with E-state index in [1.54, 1.807) is 19.1 Å². The lowest BCUT2D eigenvalue weighted by Gasteiger charge is -2.37. The number of fused-ring (bicyclic) bond motifs is 4. The number of H-pyrrole nitrogens is 1. The molecule has 0 aliphatic carbocycles. The van der Waals surface area contributed by atoms with Gasteiger partial charge in [-0.2, -0.15) is 0 Å². The van der Waals surface area contributed by atoms with Crippen LogP contribution < -0.4 is 4.74 Å². The Morgan fingerprint density at radius 3 is 2.63 bits per heavy atom. The van der Waals surface area contributed by atoms with Crippen LogP contribution in [0.25, 0.3) is 10.9 Å². The molecule has 27 heavy (non-hydrogen) atoms. The van der Waals surface area contributed by atoms with E-state index in [-0.39, 0.29) is 18.0 Å². The number of carbonyl (C=O) groups is 1. The highest BCUT2D eigenvalue weighted by Crippen LogP contribution is 2.43. The molecule has 136 valence electrons. The van der Waals surface area contributed by atoms with Crippen LogP contribution in [-0.2, 0) is 11.2 Å². The molecule has 0 radical (unpaired) electrons. The number of nitrogens with one attached hydrogen (secondary N) is 1. The van der Waals surface area contributed by atoms with E-state index in [0.29, 0.717) is 11.5 Å². The zero-order valence-electron chi connectivity index (χ0n) is 15.1. The molecular weight excluding hydrogens is 358 g/mol. The number of para-hydroxylation sites is 1. The van der Waals surface area contributed by atoms with Crippen molar-refractivity contribution in [2.75, 3.05) is 14.2 Å². The molecule has 1 aromatic heterocycles. The lowest BCUT2D eigenvalue weighted by Crippen LogP contribution is -2.44. The Morgan fingerprint density at radius 2 is 1.89 bits per heavy atom. The largest absolute Gasteiger partial charge is 0.497 e. The fourth-order valence-corrected chi connectivity index (χ4v) is 4.66. The second kappa shape index (κ2) is 5.82. The van der Waals surface area contributed by atoms with Crippen LogP contribution in [0.2, 0.25) is 0 Å². The predicted molar refractivity (Wildman–Crippen MR) is 108 cm³/mol. The second-order valence-electron chi connectivity index (χ2n) is 7.05. The van der Waals surface area contributed by atoms with E-state index in [0.717, 1.165) is 22.5 Å². The molecule has 2 aliphatic rings. The topological polar surface area (TPSA) is 48.6 Å². The molecule has 1 fully saturated rings. The van der Waals surface area contributed by atoms with Crippen molar-refractivity contribution in [3.05, 3.63) is 65.4 Å². The number of ether oxygens (including phenoxy) is 1. The lowest BCUT2D eigenvalue weighted by atomic mass is 9.89. The number of methoxy groups -OCH3 is 1. The van der Waals surface area contributed by atoms with Gasteiger partial charge in [0.2, 0.25) is 0 Å². The van der Waals surface area contributed by atoms with Crippen LogP contribution in [-0.4, -0.2) is 46.0 Å². The van der Waals surface area contributed by atoms with Crippen molar-refractivity contribution in [3.63, 3.8) is 0 Å². The van der Waals surface area contributed by atoms with Gasteiger partial charge in [-0.15, -0.1) is 0 Å². The number of hydrogen-bond donors (Lipinski definition) is 1. The summed E-state index contributed by atoms with van der Waals surface area (Å²) in [7, 11) is 3.42. The minimum Gasteiger partial charge on any atom is -0.497 e. The molecule has 0 spiro atoms. The zero-order valence-corrected chi connectivity index (χ0v) is 15.9. The second-order valence-corrected chi connectivity index (χ2v) is 7.41. The average molecular weight is 377 g/mol. The molecular formula is C21H19N3O2S. The first-order chi connectivity index (χ1) is 13.1. The average Bonchev–Trinajstić information content (AvgIpc) is 3.18. The summed E-state index contributed by atoms with van der Waals surface area (Å²) in [5.41, 5.74) is 4.50. The van der Waals surface area contributed by atoms with E-state index >= 15 is 0 Å². The Morgan fingerprint density at radius 1 is 1.15 bits per heavy atom. The number of carbonyl (C=O) groups excluding carboxylic acids is 1. The number of nitrogens with zero attached hydrogens (tertiary/aromatic N) is 2. The summed E-state index contributed by atoms with van der Waals surface area (Å²) >= 11 is 5.64. The van der Waals surface area contributed by atoms with Crippen LogP contribution in [0.5, 0.6) is 5.75 Å². The molecule has 3 aromatic rings. The summed E-state index contributed by atoms with van der Waals surface area (Å²) in [5, 5.41) is 1.76. The Hall–Kier alpha value is -2.86. The summed E-state index contributed by atoms with van der Waals surface area (Å²) in [6.07, 6.45) is 0.662. The van der Waals surface area contributed by atoms with Crippen LogP contribution in [0, 0.1) is 0 Å². The number of aromatic amines is 1. The Labute approximate surface area is 162 Å². The van der Waals surface area contributed by atoms with Gasteiger partial charge in [-0.1, -0.05) is 30.3 Å². The number of rotatable bonds is 2. The number of benzene rings is 2. The Bertz CT molecular complexity index is 1070. The van der Waals surface area contributed by atoms with Crippen molar-refractivity contribution in [3.8, 4) is 5.75 Å². The Balaban J connectivity index is 1.74. The molecule has 6 heteroatoms. The SMILES string of the molecule is COc1ccc([C@@H]2c3[nH]c4ccccc4c3C[C@@H]3C(=O)N(C)C(=S)N23)cc1. The predicted octanol–water partition coefficient (Wildman–Crippen LogP) is 3.25. The molecule has 2 aromatic carbocycles. The molecule has 5 rings (SSSR count). The molecule has 0 unspecified atom stereocenters. The van der Waals surface area contributed by atoms with Crippen molar-refractivity contribution in [1.29, 1.82) is 0 Å². The highest BCUT2D eigenvalue weighted by molar-refractivity contribution is 7.80. The smallest absolute Gasteiger partial charge is 0.251 e. The molecule has 5 nitrogen and oxygen atoms in total. The van der Waals surface area contributed by atoms with E-state index in [9.17, 15) is 4.79 Å². The van der Waals surface area contributed by atoms with Gasteiger partial charge < -0.3 is 14.6 Å². The summed E-state index contributed by atoms with van der Waals surface area (Å²) in [6.45, 7) is 0. The first kappa shape index (κ1) is 16.3. The van der Waals surface area contributed by atoms with E-state index in [4.69, 9.17) is 17.0 Å². The number of hydrogen-bond acceptors (Lipinski definition) is 3. The lowest BCUT2D eigenvalue weighted by molar-refractivity contribution is -0.127. The van der Waals surface area contributed by atoms with Crippen LogP contribution in [0.1, 0.15) is 22.9 Å². The molecule has 1 N–H and O–H groups in total. The van der Waals surface area contributed by atoms with Gasteiger partial charge in [-0.25, -0.2) is 0 Å². The van der Waals surface area contributed by atoms with Gasteiger partial charge in [0.15, 0.2) is 5.11 Å². The third kappa shape index (κ3) is 2.23. The number of aromatic nitrogens is 1. The Kier molecular flexibility index (Phi) is 3.52. The summed E-state index contributed by atoms with van der Waals surface area (Å²) in [4.78, 5) is 20.1. The van der Waals surface area contributed by atoms with Crippen molar-refractivity contribution in [2.45, 2.75) is 18.5 Å². The van der Waals surface area contributed by atoms with Gasteiger partial charge in [-0.05, 0) is 41.5 Å². The van der Waals surface area contributed by atoms with Gasteiger partial charge in [0.05, 0.1) is 13.2 Å². The zero-order chi connectivity index (χ0) is 18.7. The number of thiocarbonyl (C=S) groups is 1. The van der Waals surface area contributed by atoms with Crippen molar-refractivity contribution >= 4 is 34.1 Å². The summed E-state index contributed by atoms with van der Waals surface area (Å²) in [6, 6.07) is 15.9. The fraction of sp³-hybridized carbons (Fsp3) is 0.238. The first-order valence-corrected chi connectivity index (χ1v) is 9.34. The molecule has 1 amide bonds. The molecule has 0 bridgehead atoms. The van der Waals surface area contributed by atoms with Crippen LogP contribution >= 0.6 is 12.2 Å². The summed E-state index contributed by atoms with van der Waals surface area (Å²) in [5.74, 6) is 0.870. The third-order valence-electron chi connectivity index (χ3n) is 5.69. The third-order valence-corrected chi connectivity index (χ3v) is 6.17. The highest BCUT2D eigenvalue weighted by atomic mass is 32.1. The van der Waals surface area contributed by atoms with Gasteiger partial charge in [0.25, 0.3) is 5.91 Å². The molecule has 2 atom stereocenters. The van der Waals surface area contributed by atoms with Crippen molar-refractivity contribution in [1.82, 2.24) is 14.8 Å². The minimum absolute atomic E-state index is 0.0643. The standard InChI is InChI=1S/C21H19N3O2S/c1-23-20(25)17-11-15-14-5-3-4-6-16(14)22-18(15)19(24(17)21(23)27)12-7-9-13(26-2)10-8-12/h3-10,17,19,22H,11H2,1-2H3/t17-,19-/m1/s1. The van der Waals surface area contributed by atoms with Crippen molar-refractivity contribution in [2.24, 2.45) is 0 Å². The maximum Gasteiger partial charge on any atom is 0.251 e. The van der Waals surface area contributed by atoms with E-state index in [1.807, 2.05) is 36.4 Å². The highest BCUT2D eigenvalue weighted by Gasteiger charge is 2.49. The van der Waals surface area contributed by atoms with E-state index in [2.05, 4.69) is 22.0 Å². The minimum atomic E-state index is -0.263. The maximum absolute atomic E-state index is 12.9. The van der Waals surface area contributed by atoms with Gasteiger partial charge in [0.1, 0.15) is 11.8 Å². The molecule has 1 saturated heterocycles. The van der Waals surface area contributed by atoms with Crippen LogP contribution in [0.3, 0.4) is 0 Å². The number of amides is 1. The first-order valence-electron chi connectivity index (χ1n) is 8.93. The molecule has 2 aliphatic heterocycles. The monoisotopic (exact) mass is 377 g/mol. The van der Waals surface area contributed by atoms with Crippen LogP contribution in [0.4, 0.5) is 0 Å². The fourth-order valence-electron chi connectivity index (χ4n) is 4.34.